The molecule has 0 aliphatic carbocycles. The van der Waals surface area contributed by atoms with Crippen molar-refractivity contribution in [3.8, 4) is 0 Å². The molecule has 1 aromatic carbocycles. The van der Waals surface area contributed by atoms with E-state index < -0.39 is 12.0 Å². The third kappa shape index (κ3) is 3.69. The summed E-state index contributed by atoms with van der Waals surface area (Å²) in [6.07, 6.45) is 0.698. The van der Waals surface area contributed by atoms with Crippen LogP contribution >= 0.6 is 22.6 Å². The Labute approximate surface area is 120 Å². The fraction of sp³-hybridized carbons (Fsp3) is 0.385. The van der Waals surface area contributed by atoms with Crippen LogP contribution in [0, 0.1) is 9.49 Å². The Balaban J connectivity index is 2.86. The summed E-state index contributed by atoms with van der Waals surface area (Å²) in [7, 11) is 0. The smallest absolute Gasteiger partial charge is 0.326 e. The van der Waals surface area contributed by atoms with Gasteiger partial charge in [-0.1, -0.05) is 32.4 Å². The first-order valence-electron chi connectivity index (χ1n) is 5.75. The molecule has 0 bridgehead atoms. The largest absolute Gasteiger partial charge is 0.480 e. The van der Waals surface area contributed by atoms with Gasteiger partial charge in [-0.2, -0.15) is 0 Å². The van der Waals surface area contributed by atoms with E-state index in [0.717, 1.165) is 3.57 Å². The molecule has 0 aliphatic heterocycles. The van der Waals surface area contributed by atoms with E-state index in [-0.39, 0.29) is 11.8 Å². The van der Waals surface area contributed by atoms with Gasteiger partial charge >= 0.3 is 5.97 Å². The fourth-order valence-electron chi connectivity index (χ4n) is 1.55. The van der Waals surface area contributed by atoms with Crippen molar-refractivity contribution in [1.82, 2.24) is 5.32 Å². The average Bonchev–Trinajstić information content (AvgIpc) is 2.35. The van der Waals surface area contributed by atoms with Crippen LogP contribution in [0.25, 0.3) is 0 Å². The van der Waals surface area contributed by atoms with Crippen LogP contribution in [0.5, 0.6) is 0 Å². The van der Waals surface area contributed by atoms with Gasteiger partial charge in [0.05, 0.1) is 5.56 Å². The van der Waals surface area contributed by atoms with Crippen molar-refractivity contribution in [1.29, 1.82) is 0 Å². The molecule has 0 spiro atoms. The summed E-state index contributed by atoms with van der Waals surface area (Å²) in [6, 6.07) is 6.25. The first kappa shape index (κ1) is 14.9. The highest BCUT2D eigenvalue weighted by atomic mass is 127. The molecule has 0 saturated heterocycles. The minimum absolute atomic E-state index is 0.104. The molecule has 2 atom stereocenters. The van der Waals surface area contributed by atoms with Crippen molar-refractivity contribution in [2.24, 2.45) is 5.92 Å². The van der Waals surface area contributed by atoms with Crippen LogP contribution in [0.1, 0.15) is 30.6 Å². The Morgan fingerprint density at radius 3 is 2.50 bits per heavy atom. The van der Waals surface area contributed by atoms with Crippen LogP contribution in [0.15, 0.2) is 24.3 Å². The second-order valence-corrected chi connectivity index (χ2v) is 5.32. The number of rotatable bonds is 5. The van der Waals surface area contributed by atoms with E-state index in [4.69, 9.17) is 5.11 Å². The van der Waals surface area contributed by atoms with Crippen LogP contribution in [-0.2, 0) is 4.79 Å². The second kappa shape index (κ2) is 6.72. The number of benzene rings is 1. The first-order valence-corrected chi connectivity index (χ1v) is 6.83. The molecule has 18 heavy (non-hydrogen) atoms. The Bertz CT molecular complexity index is 448. The van der Waals surface area contributed by atoms with Crippen LogP contribution in [0.2, 0.25) is 0 Å². The van der Waals surface area contributed by atoms with Crippen LogP contribution < -0.4 is 5.32 Å². The quantitative estimate of drug-likeness (QED) is 0.793. The molecular weight excluding hydrogens is 345 g/mol. The van der Waals surface area contributed by atoms with Crippen molar-refractivity contribution in [2.75, 3.05) is 0 Å². The normalized spacial score (nSPS) is 13.7. The SMILES string of the molecule is CC[C@H](C)[C@H](NC(=O)c1ccccc1I)C(=O)O. The van der Waals surface area contributed by atoms with E-state index in [1.165, 1.54) is 0 Å². The van der Waals surface area contributed by atoms with Gasteiger partial charge in [-0.25, -0.2) is 4.79 Å². The number of aliphatic carboxylic acids is 1. The number of amides is 1. The molecular formula is C13H16INO3. The first-order chi connectivity index (χ1) is 8.47. The molecule has 0 saturated carbocycles. The summed E-state index contributed by atoms with van der Waals surface area (Å²) < 4.78 is 0.806. The zero-order valence-corrected chi connectivity index (χ0v) is 12.5. The maximum atomic E-state index is 12.0. The van der Waals surface area contributed by atoms with Gasteiger partial charge in [0, 0.05) is 3.57 Å². The molecule has 0 unspecified atom stereocenters. The van der Waals surface area contributed by atoms with Gasteiger partial charge in [-0.3, -0.25) is 4.79 Å². The highest BCUT2D eigenvalue weighted by molar-refractivity contribution is 14.1. The topological polar surface area (TPSA) is 66.4 Å². The van der Waals surface area contributed by atoms with E-state index in [2.05, 4.69) is 27.9 Å². The number of halogens is 1. The minimum Gasteiger partial charge on any atom is -0.480 e. The van der Waals surface area contributed by atoms with Gasteiger partial charge < -0.3 is 10.4 Å². The summed E-state index contributed by atoms with van der Waals surface area (Å²) in [4.78, 5) is 23.2. The van der Waals surface area contributed by atoms with Gasteiger partial charge in [0.1, 0.15) is 6.04 Å². The van der Waals surface area contributed by atoms with Gasteiger partial charge in [-0.15, -0.1) is 0 Å². The predicted octanol–water partition coefficient (Wildman–Crippen LogP) is 2.52. The molecule has 2 N–H and O–H groups in total. The van der Waals surface area contributed by atoms with Crippen molar-refractivity contribution in [3.05, 3.63) is 33.4 Å². The minimum atomic E-state index is -0.997. The lowest BCUT2D eigenvalue weighted by molar-refractivity contribution is -0.140. The van der Waals surface area contributed by atoms with Gasteiger partial charge in [-0.05, 0) is 40.6 Å². The molecule has 0 aliphatic rings. The van der Waals surface area contributed by atoms with Crippen LogP contribution in [-0.4, -0.2) is 23.0 Å². The van der Waals surface area contributed by atoms with Crippen molar-refractivity contribution >= 4 is 34.5 Å². The van der Waals surface area contributed by atoms with Crippen molar-refractivity contribution in [2.45, 2.75) is 26.3 Å². The number of hydrogen-bond acceptors (Lipinski definition) is 2. The Kier molecular flexibility index (Phi) is 5.58. The summed E-state index contributed by atoms with van der Waals surface area (Å²) in [6.45, 7) is 3.72. The Hall–Kier alpha value is -1.11. The lowest BCUT2D eigenvalue weighted by Crippen LogP contribution is -2.45. The third-order valence-corrected chi connectivity index (χ3v) is 3.82. The molecule has 4 nitrogen and oxygen atoms in total. The monoisotopic (exact) mass is 361 g/mol. The number of carboxylic acid groups (broad SMARTS) is 1. The van der Waals surface area contributed by atoms with Gasteiger partial charge in [0.25, 0.3) is 5.91 Å². The maximum Gasteiger partial charge on any atom is 0.326 e. The number of hydrogen-bond donors (Lipinski definition) is 2. The van der Waals surface area contributed by atoms with Gasteiger partial charge in [0.2, 0.25) is 0 Å². The summed E-state index contributed by atoms with van der Waals surface area (Å²) in [5, 5.41) is 11.7. The molecule has 1 rings (SSSR count). The highest BCUT2D eigenvalue weighted by Gasteiger charge is 2.26. The van der Waals surface area contributed by atoms with E-state index in [9.17, 15) is 9.59 Å². The average molecular weight is 361 g/mol. The molecule has 0 fully saturated rings. The van der Waals surface area contributed by atoms with E-state index in [0.29, 0.717) is 12.0 Å². The Morgan fingerprint density at radius 2 is 2.00 bits per heavy atom. The van der Waals surface area contributed by atoms with Crippen LogP contribution in [0.4, 0.5) is 0 Å². The van der Waals surface area contributed by atoms with Crippen molar-refractivity contribution < 1.29 is 14.7 Å². The van der Waals surface area contributed by atoms with Gasteiger partial charge in [0.15, 0.2) is 0 Å². The van der Waals surface area contributed by atoms with E-state index in [1.54, 1.807) is 12.1 Å². The number of carboxylic acids is 1. The lowest BCUT2D eigenvalue weighted by atomic mass is 9.99. The predicted molar refractivity (Wildman–Crippen MR) is 77.5 cm³/mol. The summed E-state index contributed by atoms with van der Waals surface area (Å²) >= 11 is 2.06. The second-order valence-electron chi connectivity index (χ2n) is 4.15. The van der Waals surface area contributed by atoms with E-state index >= 15 is 0 Å². The zero-order chi connectivity index (χ0) is 13.7. The summed E-state index contributed by atoms with van der Waals surface area (Å²) in [5.41, 5.74) is 0.507. The molecule has 1 aromatic rings. The molecule has 0 radical (unpaired) electrons. The summed E-state index contributed by atoms with van der Waals surface area (Å²) in [5.74, 6) is -1.44. The molecule has 98 valence electrons. The molecule has 0 aromatic heterocycles. The number of carbonyl (C=O) groups is 2. The fourth-order valence-corrected chi connectivity index (χ4v) is 2.18. The van der Waals surface area contributed by atoms with Crippen LogP contribution in [0.3, 0.4) is 0 Å². The molecule has 5 heteroatoms. The lowest BCUT2D eigenvalue weighted by Gasteiger charge is -2.20. The van der Waals surface area contributed by atoms with Crippen molar-refractivity contribution in [3.63, 3.8) is 0 Å². The third-order valence-electron chi connectivity index (χ3n) is 2.88. The highest BCUT2D eigenvalue weighted by Crippen LogP contribution is 2.13. The maximum absolute atomic E-state index is 12.0. The zero-order valence-electron chi connectivity index (χ0n) is 10.3. The molecule has 0 heterocycles. The molecule has 1 amide bonds. The van der Waals surface area contributed by atoms with E-state index in [1.807, 2.05) is 26.0 Å². The Morgan fingerprint density at radius 1 is 1.39 bits per heavy atom. The number of carbonyl (C=O) groups excluding carboxylic acids is 1. The number of nitrogens with one attached hydrogen (secondary N) is 1. The standard InChI is InChI=1S/C13H16INO3/c1-3-8(2)11(13(17)18)15-12(16)9-6-4-5-7-10(9)14/h4-8,11H,3H2,1-2H3,(H,15,16)(H,17,18)/t8-,11-/m0/s1.